The lowest BCUT2D eigenvalue weighted by Gasteiger charge is -2.43. The number of benzene rings is 1. The van der Waals surface area contributed by atoms with Crippen LogP contribution < -0.4 is 10.2 Å². The van der Waals surface area contributed by atoms with Crippen LogP contribution >= 0.6 is 11.6 Å². The van der Waals surface area contributed by atoms with Crippen LogP contribution in [0.25, 0.3) is 0 Å². The van der Waals surface area contributed by atoms with Crippen molar-refractivity contribution >= 4 is 29.1 Å². The van der Waals surface area contributed by atoms with E-state index in [0.29, 0.717) is 12.8 Å². The van der Waals surface area contributed by atoms with Crippen molar-refractivity contribution in [2.45, 2.75) is 44.2 Å². The molecule has 1 saturated heterocycles. The maximum absolute atomic E-state index is 13.5. The minimum atomic E-state index is -0.848. The number of hydrogen-bond donors (Lipinski definition) is 1. The van der Waals surface area contributed by atoms with Crippen molar-refractivity contribution in [2.75, 3.05) is 4.90 Å². The molecular weight excluding hydrogens is 295 g/mol. The molecule has 1 aliphatic carbocycles. The first-order valence-electron chi connectivity index (χ1n) is 7.05. The van der Waals surface area contributed by atoms with Crippen LogP contribution in [0.5, 0.6) is 0 Å². The van der Waals surface area contributed by atoms with E-state index in [4.69, 9.17) is 11.6 Å². The van der Waals surface area contributed by atoms with Crippen LogP contribution in [-0.4, -0.2) is 23.4 Å². The van der Waals surface area contributed by atoms with E-state index in [-0.39, 0.29) is 22.5 Å². The number of carbonyl (C=O) groups is 2. The molecule has 1 heterocycles. The molecule has 3 rings (SSSR count). The van der Waals surface area contributed by atoms with Gasteiger partial charge < -0.3 is 5.32 Å². The lowest BCUT2D eigenvalue weighted by Crippen LogP contribution is -2.69. The summed E-state index contributed by atoms with van der Waals surface area (Å²) in [5.74, 6) is -0.905. The Morgan fingerprint density at radius 1 is 1.33 bits per heavy atom. The highest BCUT2D eigenvalue weighted by molar-refractivity contribution is 6.34. The van der Waals surface area contributed by atoms with Gasteiger partial charge >= 0.3 is 0 Å². The standard InChI is InChI=1S/C15H16ClFN2O2/c1-9-13(20)18-15(6-2-3-7-15)14(21)19(9)12-8-10(17)4-5-11(12)16/h4-5,8-9H,2-3,6-7H2,1H3,(H,18,20). The number of nitrogens with zero attached hydrogens (tertiary/aromatic N) is 1. The van der Waals surface area contributed by atoms with Crippen LogP contribution in [0.15, 0.2) is 18.2 Å². The molecule has 1 aromatic carbocycles. The molecule has 6 heteroatoms. The molecule has 1 aromatic rings. The highest BCUT2D eigenvalue weighted by Crippen LogP contribution is 2.38. The SMILES string of the molecule is CC1C(=O)NC2(CCCC2)C(=O)N1c1cc(F)ccc1Cl. The van der Waals surface area contributed by atoms with E-state index >= 15 is 0 Å². The number of nitrogens with one attached hydrogen (secondary N) is 1. The minimum Gasteiger partial charge on any atom is -0.340 e. The molecule has 0 aromatic heterocycles. The quantitative estimate of drug-likeness (QED) is 0.867. The molecular formula is C15H16ClFN2O2. The van der Waals surface area contributed by atoms with Crippen molar-refractivity contribution in [3.63, 3.8) is 0 Å². The molecule has 1 spiro atoms. The van der Waals surface area contributed by atoms with Crippen LogP contribution in [0.2, 0.25) is 5.02 Å². The Balaban J connectivity index is 2.08. The number of piperazine rings is 1. The zero-order chi connectivity index (χ0) is 15.2. The van der Waals surface area contributed by atoms with Gasteiger partial charge in [-0.3, -0.25) is 14.5 Å². The lowest BCUT2D eigenvalue weighted by atomic mass is 9.90. The van der Waals surface area contributed by atoms with Gasteiger partial charge in [0.15, 0.2) is 0 Å². The molecule has 1 unspecified atom stereocenters. The summed E-state index contributed by atoms with van der Waals surface area (Å²) in [7, 11) is 0. The lowest BCUT2D eigenvalue weighted by molar-refractivity contribution is -0.137. The molecule has 1 atom stereocenters. The van der Waals surface area contributed by atoms with Gasteiger partial charge in [0, 0.05) is 0 Å². The summed E-state index contributed by atoms with van der Waals surface area (Å²) in [4.78, 5) is 26.5. The van der Waals surface area contributed by atoms with Crippen molar-refractivity contribution in [3.05, 3.63) is 29.0 Å². The third kappa shape index (κ3) is 2.20. The van der Waals surface area contributed by atoms with E-state index in [9.17, 15) is 14.0 Å². The Labute approximate surface area is 127 Å². The first-order valence-corrected chi connectivity index (χ1v) is 7.43. The highest BCUT2D eigenvalue weighted by atomic mass is 35.5. The predicted molar refractivity (Wildman–Crippen MR) is 77.7 cm³/mol. The number of hydrogen-bond acceptors (Lipinski definition) is 2. The predicted octanol–water partition coefficient (Wildman–Crippen LogP) is 2.64. The topological polar surface area (TPSA) is 49.4 Å². The summed E-state index contributed by atoms with van der Waals surface area (Å²) in [6.07, 6.45) is 3.03. The van der Waals surface area contributed by atoms with E-state index in [2.05, 4.69) is 5.32 Å². The van der Waals surface area contributed by atoms with Gasteiger partial charge in [0.2, 0.25) is 5.91 Å². The van der Waals surface area contributed by atoms with E-state index < -0.39 is 17.4 Å². The first-order chi connectivity index (χ1) is 9.94. The van der Waals surface area contributed by atoms with Crippen molar-refractivity contribution in [1.82, 2.24) is 5.32 Å². The first kappa shape index (κ1) is 14.3. The number of carbonyl (C=O) groups excluding carboxylic acids is 2. The van der Waals surface area contributed by atoms with Crippen molar-refractivity contribution in [1.29, 1.82) is 0 Å². The maximum atomic E-state index is 13.5. The summed E-state index contributed by atoms with van der Waals surface area (Å²) < 4.78 is 13.5. The zero-order valence-electron chi connectivity index (χ0n) is 11.7. The average Bonchev–Trinajstić information content (AvgIpc) is 2.90. The van der Waals surface area contributed by atoms with Crippen LogP contribution in [0, 0.1) is 5.82 Å². The molecule has 2 amide bonds. The zero-order valence-corrected chi connectivity index (χ0v) is 12.4. The fraction of sp³-hybridized carbons (Fsp3) is 0.467. The summed E-state index contributed by atoms with van der Waals surface area (Å²) >= 11 is 6.11. The molecule has 4 nitrogen and oxygen atoms in total. The van der Waals surface area contributed by atoms with E-state index in [1.165, 1.54) is 23.1 Å². The van der Waals surface area contributed by atoms with Crippen LogP contribution in [0.1, 0.15) is 32.6 Å². The van der Waals surface area contributed by atoms with Gasteiger partial charge in [0.25, 0.3) is 5.91 Å². The van der Waals surface area contributed by atoms with E-state index in [0.717, 1.165) is 12.8 Å². The Hall–Kier alpha value is -1.62. The van der Waals surface area contributed by atoms with Gasteiger partial charge in [0.05, 0.1) is 10.7 Å². The van der Waals surface area contributed by atoms with Crippen molar-refractivity contribution in [2.24, 2.45) is 0 Å². The average molecular weight is 311 g/mol. The number of anilines is 1. The number of rotatable bonds is 1. The molecule has 1 saturated carbocycles. The van der Waals surface area contributed by atoms with Crippen molar-refractivity contribution in [3.8, 4) is 0 Å². The summed E-state index contributed by atoms with van der Waals surface area (Å²) in [5, 5.41) is 3.12. The van der Waals surface area contributed by atoms with Gasteiger partial charge in [-0.05, 0) is 38.0 Å². The summed E-state index contributed by atoms with van der Waals surface area (Å²) in [6, 6.07) is 3.14. The van der Waals surface area contributed by atoms with Gasteiger partial charge in [-0.15, -0.1) is 0 Å². The number of amides is 2. The smallest absolute Gasteiger partial charge is 0.253 e. The Morgan fingerprint density at radius 2 is 2.00 bits per heavy atom. The number of halogens is 2. The minimum absolute atomic E-state index is 0.195. The Bertz CT molecular complexity index is 614. The van der Waals surface area contributed by atoms with Gasteiger partial charge in [0.1, 0.15) is 17.4 Å². The molecule has 2 fully saturated rings. The van der Waals surface area contributed by atoms with Crippen LogP contribution in [0.3, 0.4) is 0 Å². The second-order valence-electron chi connectivity index (χ2n) is 5.73. The molecule has 1 aliphatic heterocycles. The second-order valence-corrected chi connectivity index (χ2v) is 6.13. The maximum Gasteiger partial charge on any atom is 0.253 e. The molecule has 0 radical (unpaired) electrons. The van der Waals surface area contributed by atoms with Crippen molar-refractivity contribution < 1.29 is 14.0 Å². The second kappa shape index (κ2) is 4.98. The Kier molecular flexibility index (Phi) is 3.40. The van der Waals surface area contributed by atoms with Crippen LogP contribution in [0.4, 0.5) is 10.1 Å². The highest BCUT2D eigenvalue weighted by Gasteiger charge is 2.51. The molecule has 112 valence electrons. The molecule has 2 aliphatic rings. The molecule has 21 heavy (non-hydrogen) atoms. The molecule has 1 N–H and O–H groups in total. The van der Waals surface area contributed by atoms with Gasteiger partial charge in [-0.25, -0.2) is 4.39 Å². The summed E-state index contributed by atoms with van der Waals surface area (Å²) in [5.41, 5.74) is -0.588. The largest absolute Gasteiger partial charge is 0.340 e. The third-order valence-electron chi connectivity index (χ3n) is 4.38. The van der Waals surface area contributed by atoms with Gasteiger partial charge in [-0.1, -0.05) is 24.4 Å². The third-order valence-corrected chi connectivity index (χ3v) is 4.70. The van der Waals surface area contributed by atoms with Gasteiger partial charge in [-0.2, -0.15) is 0 Å². The normalized spacial score (nSPS) is 24.5. The summed E-state index contributed by atoms with van der Waals surface area (Å²) in [6.45, 7) is 1.62. The van der Waals surface area contributed by atoms with E-state index in [1.54, 1.807) is 6.92 Å². The fourth-order valence-electron chi connectivity index (χ4n) is 3.22. The van der Waals surface area contributed by atoms with E-state index in [1.807, 2.05) is 0 Å². The Morgan fingerprint density at radius 3 is 2.67 bits per heavy atom. The molecule has 0 bridgehead atoms. The monoisotopic (exact) mass is 310 g/mol. The fourth-order valence-corrected chi connectivity index (χ4v) is 3.43. The van der Waals surface area contributed by atoms with Crippen LogP contribution in [-0.2, 0) is 9.59 Å².